The smallest absolute Gasteiger partial charge is 0.383 e. The van der Waals surface area contributed by atoms with E-state index < -0.39 is 29.6 Å². The number of carbonyl (C=O) groups excluding carboxylic acids is 2. The molecule has 2 heterocycles. The maximum absolute atomic E-state index is 13.1. The molecule has 9 nitrogen and oxygen atoms in total. The molecule has 0 aliphatic heterocycles. The number of hydrogen-bond donors (Lipinski definition) is 3. The molecule has 0 spiro atoms. The van der Waals surface area contributed by atoms with Crippen LogP contribution in [0, 0.1) is 6.92 Å². The third kappa shape index (κ3) is 6.31. The molecule has 1 atom stereocenters. The number of nitrogens with two attached hydrogens (primary N) is 1. The van der Waals surface area contributed by atoms with Gasteiger partial charge in [-0.25, -0.2) is 15.0 Å². The summed E-state index contributed by atoms with van der Waals surface area (Å²) in [5.41, 5.74) is 5.78. The molecule has 13 heteroatoms. The molecule has 2 aromatic heterocycles. The highest BCUT2D eigenvalue weighted by atomic mass is 32.1. The molecule has 186 valence electrons. The summed E-state index contributed by atoms with van der Waals surface area (Å²) in [5.74, 6) is -0.894. The number of aromatic nitrogens is 3. The van der Waals surface area contributed by atoms with E-state index in [1.807, 2.05) is 19.0 Å². The minimum Gasteiger partial charge on any atom is -0.383 e. The molecule has 0 saturated heterocycles. The molecule has 0 fully saturated rings. The second kappa shape index (κ2) is 10.4. The van der Waals surface area contributed by atoms with E-state index in [0.29, 0.717) is 17.1 Å². The Morgan fingerprint density at radius 2 is 1.89 bits per heavy atom. The van der Waals surface area contributed by atoms with Crippen LogP contribution in [0.25, 0.3) is 0 Å². The van der Waals surface area contributed by atoms with E-state index in [0.717, 1.165) is 17.4 Å². The van der Waals surface area contributed by atoms with Gasteiger partial charge in [0.2, 0.25) is 0 Å². The van der Waals surface area contributed by atoms with Gasteiger partial charge in [-0.05, 0) is 45.6 Å². The number of rotatable bonds is 7. The van der Waals surface area contributed by atoms with Gasteiger partial charge in [0.25, 0.3) is 11.8 Å². The number of nitrogens with one attached hydrogen (secondary N) is 2. The number of halogens is 3. The molecule has 0 aliphatic carbocycles. The van der Waals surface area contributed by atoms with E-state index in [2.05, 4.69) is 25.6 Å². The fourth-order valence-corrected chi connectivity index (χ4v) is 4.03. The zero-order chi connectivity index (χ0) is 25.9. The molecular weight excluding hydrogens is 483 g/mol. The first kappa shape index (κ1) is 26.0. The van der Waals surface area contributed by atoms with Crippen molar-refractivity contribution in [3.63, 3.8) is 0 Å². The van der Waals surface area contributed by atoms with E-state index >= 15 is 0 Å². The number of nitrogens with zero attached hydrogens (tertiary/aromatic N) is 4. The summed E-state index contributed by atoms with van der Waals surface area (Å²) < 4.78 is 39.4. The van der Waals surface area contributed by atoms with Gasteiger partial charge in [-0.2, -0.15) is 13.2 Å². The minimum atomic E-state index is -4.53. The van der Waals surface area contributed by atoms with Gasteiger partial charge in [0.15, 0.2) is 0 Å². The standard InChI is InChI=1S/C22H24F3N7O2S/c1-11-5-6-13(7-15(11)22(23,24)25)31-19(33)16-8-27-21(35-16)12(2)30-20(34)17-14(9-32(3)4)18(26)29-10-28-17/h5-8,10,12H,9H2,1-4H3,(H,30,34)(H,31,33)(H2,26,28,29). The fourth-order valence-electron chi connectivity index (χ4n) is 3.21. The van der Waals surface area contributed by atoms with Crippen molar-refractivity contribution in [2.24, 2.45) is 0 Å². The maximum Gasteiger partial charge on any atom is 0.416 e. The number of carbonyl (C=O) groups is 2. The van der Waals surface area contributed by atoms with Crippen LogP contribution >= 0.6 is 11.3 Å². The van der Waals surface area contributed by atoms with Crippen LogP contribution in [-0.2, 0) is 12.7 Å². The van der Waals surface area contributed by atoms with Crippen molar-refractivity contribution in [3.8, 4) is 0 Å². The average Bonchev–Trinajstić information content (AvgIpc) is 3.26. The zero-order valence-electron chi connectivity index (χ0n) is 19.4. The van der Waals surface area contributed by atoms with Gasteiger partial charge >= 0.3 is 6.18 Å². The van der Waals surface area contributed by atoms with Crippen molar-refractivity contribution >= 4 is 34.7 Å². The quantitative estimate of drug-likeness (QED) is 0.446. The highest BCUT2D eigenvalue weighted by Crippen LogP contribution is 2.33. The molecule has 0 radical (unpaired) electrons. The minimum absolute atomic E-state index is 0.0130. The summed E-state index contributed by atoms with van der Waals surface area (Å²) in [7, 11) is 3.64. The van der Waals surface area contributed by atoms with Gasteiger partial charge in [0, 0.05) is 17.8 Å². The first-order chi connectivity index (χ1) is 16.4. The van der Waals surface area contributed by atoms with Crippen LogP contribution < -0.4 is 16.4 Å². The molecule has 0 aliphatic rings. The molecular formula is C22H24F3N7O2S. The number of hydrogen-bond acceptors (Lipinski definition) is 8. The second-order valence-electron chi connectivity index (χ2n) is 8.06. The lowest BCUT2D eigenvalue weighted by Gasteiger charge is -2.16. The number of nitrogen functional groups attached to an aromatic ring is 1. The zero-order valence-corrected chi connectivity index (χ0v) is 20.2. The second-order valence-corrected chi connectivity index (χ2v) is 9.13. The molecule has 1 unspecified atom stereocenters. The van der Waals surface area contributed by atoms with Crippen LogP contribution in [0.3, 0.4) is 0 Å². The highest BCUT2D eigenvalue weighted by Gasteiger charge is 2.32. The van der Waals surface area contributed by atoms with Crippen molar-refractivity contribution in [2.75, 3.05) is 25.1 Å². The Bertz CT molecular complexity index is 1240. The van der Waals surface area contributed by atoms with Gasteiger partial charge < -0.3 is 21.3 Å². The van der Waals surface area contributed by atoms with Gasteiger partial charge in [0.1, 0.15) is 27.7 Å². The maximum atomic E-state index is 13.1. The first-order valence-electron chi connectivity index (χ1n) is 10.4. The van der Waals surface area contributed by atoms with Gasteiger partial charge in [0.05, 0.1) is 17.8 Å². The molecule has 2 amide bonds. The lowest BCUT2D eigenvalue weighted by Crippen LogP contribution is -2.30. The van der Waals surface area contributed by atoms with Crippen molar-refractivity contribution in [3.05, 3.63) is 63.0 Å². The van der Waals surface area contributed by atoms with Gasteiger partial charge in [-0.1, -0.05) is 6.07 Å². The fraction of sp³-hybridized carbons (Fsp3) is 0.318. The molecule has 1 aromatic carbocycles. The van der Waals surface area contributed by atoms with Crippen LogP contribution in [-0.4, -0.2) is 45.8 Å². The Morgan fingerprint density at radius 3 is 2.54 bits per heavy atom. The lowest BCUT2D eigenvalue weighted by atomic mass is 10.1. The summed E-state index contributed by atoms with van der Waals surface area (Å²) in [5, 5.41) is 5.66. The van der Waals surface area contributed by atoms with Crippen molar-refractivity contribution in [1.29, 1.82) is 0 Å². The number of aryl methyl sites for hydroxylation is 1. The lowest BCUT2D eigenvalue weighted by molar-refractivity contribution is -0.138. The van der Waals surface area contributed by atoms with E-state index in [1.165, 1.54) is 31.6 Å². The Hall–Kier alpha value is -3.58. The van der Waals surface area contributed by atoms with Crippen LogP contribution in [0.15, 0.2) is 30.7 Å². The average molecular weight is 508 g/mol. The SMILES string of the molecule is Cc1ccc(NC(=O)c2cnc(C(C)NC(=O)c3ncnc(N)c3CN(C)C)s2)cc1C(F)(F)F. The van der Waals surface area contributed by atoms with Crippen LogP contribution in [0.4, 0.5) is 24.7 Å². The monoisotopic (exact) mass is 507 g/mol. The van der Waals surface area contributed by atoms with E-state index in [4.69, 9.17) is 5.73 Å². The van der Waals surface area contributed by atoms with Crippen molar-refractivity contribution in [1.82, 2.24) is 25.2 Å². The Balaban J connectivity index is 1.72. The van der Waals surface area contributed by atoms with Crippen LogP contribution in [0.2, 0.25) is 0 Å². The molecule has 35 heavy (non-hydrogen) atoms. The molecule has 0 bridgehead atoms. The van der Waals surface area contributed by atoms with Crippen molar-refractivity contribution < 1.29 is 22.8 Å². The van der Waals surface area contributed by atoms with E-state index in [9.17, 15) is 22.8 Å². The van der Waals surface area contributed by atoms with Crippen LogP contribution in [0.5, 0.6) is 0 Å². The third-order valence-electron chi connectivity index (χ3n) is 4.93. The van der Waals surface area contributed by atoms with E-state index in [-0.39, 0.29) is 27.6 Å². The van der Waals surface area contributed by atoms with E-state index in [1.54, 1.807) is 6.92 Å². The van der Waals surface area contributed by atoms with Crippen molar-refractivity contribution in [2.45, 2.75) is 32.6 Å². The summed E-state index contributed by atoms with van der Waals surface area (Å²) >= 11 is 1.01. The number of thiazole rings is 1. The third-order valence-corrected chi connectivity index (χ3v) is 6.11. The molecule has 4 N–H and O–H groups in total. The number of alkyl halides is 3. The number of anilines is 2. The summed E-state index contributed by atoms with van der Waals surface area (Å²) in [6, 6.07) is 3.00. The Labute approximate surface area is 203 Å². The summed E-state index contributed by atoms with van der Waals surface area (Å²) in [4.78, 5) is 39.6. The largest absolute Gasteiger partial charge is 0.416 e. The Kier molecular flexibility index (Phi) is 7.70. The highest BCUT2D eigenvalue weighted by molar-refractivity contribution is 7.13. The molecule has 0 saturated carbocycles. The topological polar surface area (TPSA) is 126 Å². The summed E-state index contributed by atoms with van der Waals surface area (Å²) in [6.45, 7) is 3.39. The number of benzene rings is 1. The summed E-state index contributed by atoms with van der Waals surface area (Å²) in [6.07, 6.45) is -2.02. The predicted molar refractivity (Wildman–Crippen MR) is 126 cm³/mol. The van der Waals surface area contributed by atoms with Crippen LogP contribution in [0.1, 0.15) is 54.8 Å². The molecule has 3 aromatic rings. The van der Waals surface area contributed by atoms with Gasteiger partial charge in [-0.3, -0.25) is 9.59 Å². The van der Waals surface area contributed by atoms with Gasteiger partial charge in [-0.15, -0.1) is 11.3 Å². The molecule has 3 rings (SSSR count). The Morgan fingerprint density at radius 1 is 1.17 bits per heavy atom. The predicted octanol–water partition coefficient (Wildman–Crippen LogP) is 3.65. The first-order valence-corrected chi connectivity index (χ1v) is 11.2. The normalized spacial score (nSPS) is 12.5. The number of amides is 2.